The first-order chi connectivity index (χ1) is 15.2. The Morgan fingerprint density at radius 1 is 0.710 bits per heavy atom. The van der Waals surface area contributed by atoms with Gasteiger partial charge in [-0.1, -0.05) is 90.1 Å². The largest absolute Gasteiger partial charge is 0.318 e. The summed E-state index contributed by atoms with van der Waals surface area (Å²) in [6.07, 6.45) is 0.374. The van der Waals surface area contributed by atoms with Crippen molar-refractivity contribution in [2.24, 2.45) is 5.92 Å². The van der Waals surface area contributed by atoms with Crippen molar-refractivity contribution in [1.82, 2.24) is 0 Å². The number of halogens is 1. The third kappa shape index (κ3) is 3.50. The molecular weight excluding hydrogens is 383 g/mol. The minimum Gasteiger partial charge on any atom is -0.318 e. The molecule has 31 heavy (non-hydrogen) atoms. The fourth-order valence-corrected chi connectivity index (χ4v) is 4.90. The van der Waals surface area contributed by atoms with Crippen molar-refractivity contribution in [3.8, 4) is 0 Å². The molecule has 5 rings (SSSR count). The monoisotopic (exact) mass is 418 g/mol. The molecule has 0 aliphatic carbocycles. The van der Waals surface area contributed by atoms with E-state index in [1.807, 2.05) is 71.0 Å². The molecule has 0 amide bonds. The summed E-state index contributed by atoms with van der Waals surface area (Å²) in [5, 5.41) is 0. The predicted octanol–water partition coefficient (Wildman–Crippen LogP) is 8.58. The van der Waals surface area contributed by atoms with Gasteiger partial charge in [0, 0.05) is 22.9 Å². The van der Waals surface area contributed by atoms with Gasteiger partial charge in [0.2, 0.25) is 0 Å². The van der Waals surface area contributed by atoms with E-state index in [1.165, 1.54) is 0 Å². The van der Waals surface area contributed by atoms with E-state index in [0.717, 1.165) is 28.3 Å². The molecule has 0 fully saturated rings. The van der Waals surface area contributed by atoms with Crippen LogP contribution in [-0.4, -0.2) is 6.17 Å². The van der Waals surface area contributed by atoms with Crippen molar-refractivity contribution in [3.05, 3.63) is 84.4 Å². The molecule has 3 atom stereocenters. The van der Waals surface area contributed by atoms with Crippen LogP contribution in [0.1, 0.15) is 53.5 Å². The zero-order chi connectivity index (χ0) is 22.6. The van der Waals surface area contributed by atoms with Gasteiger partial charge in [-0.25, -0.2) is 4.39 Å². The summed E-state index contributed by atoms with van der Waals surface area (Å²) in [4.78, 5) is 4.63. The lowest BCUT2D eigenvalue weighted by atomic mass is 9.75. The Bertz CT molecular complexity index is 987. The van der Waals surface area contributed by atoms with E-state index < -0.39 is 5.67 Å². The van der Waals surface area contributed by atoms with Crippen LogP contribution in [0.25, 0.3) is 0 Å². The lowest BCUT2D eigenvalue weighted by Crippen LogP contribution is -2.53. The smallest absolute Gasteiger partial charge is 0.144 e. The zero-order valence-corrected chi connectivity index (χ0v) is 19.6. The zero-order valence-electron chi connectivity index (χ0n) is 19.6. The summed E-state index contributed by atoms with van der Waals surface area (Å²) >= 11 is 0. The second-order valence-corrected chi connectivity index (χ2v) is 7.50. The fourth-order valence-electron chi connectivity index (χ4n) is 4.90. The van der Waals surface area contributed by atoms with Crippen LogP contribution in [-0.2, 0) is 5.67 Å². The Kier molecular flexibility index (Phi) is 7.04. The van der Waals surface area contributed by atoms with E-state index in [4.69, 9.17) is 0 Å². The fraction of sp³-hybridized carbons (Fsp3) is 0.357. The number of fused-ring (bicyclic) bond motifs is 5. The minimum atomic E-state index is -1.35. The van der Waals surface area contributed by atoms with E-state index in [-0.39, 0.29) is 12.1 Å². The van der Waals surface area contributed by atoms with Crippen molar-refractivity contribution in [2.75, 3.05) is 9.80 Å². The van der Waals surface area contributed by atoms with Crippen molar-refractivity contribution in [1.29, 1.82) is 0 Å². The lowest BCUT2D eigenvalue weighted by Gasteiger charge is -2.48. The first-order valence-corrected chi connectivity index (χ1v) is 11.7. The van der Waals surface area contributed by atoms with Crippen molar-refractivity contribution in [2.45, 2.75) is 59.8 Å². The average molecular weight is 419 g/mol. The summed E-state index contributed by atoms with van der Waals surface area (Å²) < 4.78 is 16.4. The SMILES string of the molecule is CC.CC.CCC1(F)c2ccccc2N2c3ccccc3N(c3ccccc3)C2C1C. The summed E-state index contributed by atoms with van der Waals surface area (Å²) in [5.41, 5.74) is 3.81. The molecule has 0 saturated heterocycles. The van der Waals surface area contributed by atoms with Gasteiger partial charge in [0.15, 0.2) is 0 Å². The summed E-state index contributed by atoms with van der Waals surface area (Å²) in [6.45, 7) is 12.0. The molecule has 0 saturated carbocycles. The highest BCUT2D eigenvalue weighted by molar-refractivity contribution is 5.90. The third-order valence-corrected chi connectivity index (χ3v) is 6.26. The van der Waals surface area contributed by atoms with Crippen molar-refractivity contribution in [3.63, 3.8) is 0 Å². The van der Waals surface area contributed by atoms with Gasteiger partial charge in [0.25, 0.3) is 0 Å². The standard InChI is InChI=1S/C24H23FN2.2C2H6/c1-3-24(25)17(2)23-26(18-11-5-4-6-12-18)21-15-9-10-16-22(21)27(23)20-14-8-7-13-19(20)24;2*1-2/h4-17,23H,3H2,1-2H3;2*1-2H3. The highest BCUT2D eigenvalue weighted by atomic mass is 19.1. The molecule has 2 aliphatic rings. The second kappa shape index (κ2) is 9.55. The van der Waals surface area contributed by atoms with Crippen LogP contribution in [0.3, 0.4) is 0 Å². The molecule has 164 valence electrons. The maximum atomic E-state index is 16.4. The number of hydrogen-bond acceptors (Lipinski definition) is 2. The number of anilines is 4. The highest BCUT2D eigenvalue weighted by Crippen LogP contribution is 2.58. The van der Waals surface area contributed by atoms with Crippen LogP contribution in [0, 0.1) is 5.92 Å². The van der Waals surface area contributed by atoms with Crippen LogP contribution in [0.2, 0.25) is 0 Å². The molecule has 2 aliphatic heterocycles. The van der Waals surface area contributed by atoms with E-state index in [2.05, 4.69) is 59.2 Å². The second-order valence-electron chi connectivity index (χ2n) is 7.50. The van der Waals surface area contributed by atoms with Gasteiger partial charge < -0.3 is 9.80 Å². The molecule has 3 aromatic rings. The predicted molar refractivity (Wildman–Crippen MR) is 132 cm³/mol. The number of nitrogens with zero attached hydrogens (tertiary/aromatic N) is 2. The molecule has 0 radical (unpaired) electrons. The molecule has 0 aromatic heterocycles. The third-order valence-electron chi connectivity index (χ3n) is 6.26. The Balaban J connectivity index is 0.000000645. The molecular formula is C28H35FN2. The maximum absolute atomic E-state index is 16.4. The van der Waals surface area contributed by atoms with Crippen LogP contribution < -0.4 is 9.80 Å². The van der Waals surface area contributed by atoms with E-state index >= 15 is 4.39 Å². The number of hydrogen-bond donors (Lipinski definition) is 0. The molecule has 3 aromatic carbocycles. The molecule has 3 unspecified atom stereocenters. The first-order valence-electron chi connectivity index (χ1n) is 11.7. The Morgan fingerprint density at radius 3 is 1.77 bits per heavy atom. The molecule has 0 bridgehead atoms. The minimum absolute atomic E-state index is 0.0929. The molecule has 3 heteroatoms. The van der Waals surface area contributed by atoms with E-state index in [9.17, 15) is 0 Å². The van der Waals surface area contributed by atoms with Gasteiger partial charge in [-0.3, -0.25) is 0 Å². The molecule has 0 spiro atoms. The van der Waals surface area contributed by atoms with Gasteiger partial charge in [-0.15, -0.1) is 0 Å². The van der Waals surface area contributed by atoms with Crippen LogP contribution >= 0.6 is 0 Å². The summed E-state index contributed by atoms with van der Waals surface area (Å²) in [5.74, 6) is -0.190. The van der Waals surface area contributed by atoms with E-state index in [0.29, 0.717) is 6.42 Å². The van der Waals surface area contributed by atoms with Gasteiger partial charge in [-0.05, 0) is 36.8 Å². The van der Waals surface area contributed by atoms with Crippen LogP contribution in [0.15, 0.2) is 78.9 Å². The topological polar surface area (TPSA) is 6.48 Å². The quantitative estimate of drug-likeness (QED) is 0.411. The van der Waals surface area contributed by atoms with Gasteiger partial charge >= 0.3 is 0 Å². The Hall–Kier alpha value is -2.81. The van der Waals surface area contributed by atoms with Crippen molar-refractivity contribution >= 4 is 22.7 Å². The summed E-state index contributed by atoms with van der Waals surface area (Å²) in [7, 11) is 0. The van der Waals surface area contributed by atoms with Gasteiger partial charge in [-0.2, -0.15) is 0 Å². The first kappa shape index (κ1) is 22.9. The molecule has 0 N–H and O–H groups in total. The van der Waals surface area contributed by atoms with Crippen LogP contribution in [0.4, 0.5) is 27.1 Å². The highest BCUT2D eigenvalue weighted by Gasteiger charge is 2.54. The average Bonchev–Trinajstić information content (AvgIpc) is 3.21. The molecule has 2 nitrogen and oxygen atoms in total. The Morgan fingerprint density at radius 2 is 1.19 bits per heavy atom. The Labute approximate surface area is 187 Å². The summed E-state index contributed by atoms with van der Waals surface area (Å²) in [6, 6.07) is 26.7. The number of para-hydroxylation sites is 4. The molecule has 2 heterocycles. The van der Waals surface area contributed by atoms with E-state index in [1.54, 1.807) is 0 Å². The number of alkyl halides is 1. The normalized spacial score (nSPS) is 22.8. The lowest BCUT2D eigenvalue weighted by molar-refractivity contribution is 0.0621. The van der Waals surface area contributed by atoms with Crippen LogP contribution in [0.5, 0.6) is 0 Å². The van der Waals surface area contributed by atoms with Gasteiger partial charge in [0.05, 0.1) is 11.4 Å². The maximum Gasteiger partial charge on any atom is 0.144 e. The van der Waals surface area contributed by atoms with Gasteiger partial charge in [0.1, 0.15) is 11.8 Å². The van der Waals surface area contributed by atoms with Crippen molar-refractivity contribution < 1.29 is 4.39 Å². The number of benzene rings is 3. The number of rotatable bonds is 2.